The van der Waals surface area contributed by atoms with Crippen LogP contribution in [0.5, 0.6) is 0 Å². The minimum absolute atomic E-state index is 0.0155. The summed E-state index contributed by atoms with van der Waals surface area (Å²) in [6.07, 6.45) is 2.41. The summed E-state index contributed by atoms with van der Waals surface area (Å²) >= 11 is 1.46. The van der Waals surface area contributed by atoms with Crippen LogP contribution in [0.3, 0.4) is 0 Å². The first kappa shape index (κ1) is 16.5. The molecule has 0 spiro atoms. The lowest BCUT2D eigenvalue weighted by Gasteiger charge is -2.47. The van der Waals surface area contributed by atoms with E-state index < -0.39 is 12.0 Å². The SMILES string of the molecule is Cc1c[n+](CC2=C(C(=O)O)N3C(=O)[C@@H](N)[C@H]3SC2)n(C)c1NC=O. The number of hydrogen-bond acceptors (Lipinski definition) is 5. The molecule has 1 aromatic heterocycles. The molecule has 1 saturated heterocycles. The predicted octanol–water partition coefficient (Wildman–Crippen LogP) is -1.23. The van der Waals surface area contributed by atoms with Gasteiger partial charge in [-0.15, -0.1) is 21.1 Å². The minimum atomic E-state index is -1.13. The number of hydrogen-bond donors (Lipinski definition) is 3. The number of carboxylic acid groups (broad SMARTS) is 1. The highest BCUT2D eigenvalue weighted by molar-refractivity contribution is 8.00. The van der Waals surface area contributed by atoms with Gasteiger partial charge in [-0.05, 0) is 6.92 Å². The molecule has 0 saturated carbocycles. The van der Waals surface area contributed by atoms with E-state index in [4.69, 9.17) is 5.73 Å². The van der Waals surface area contributed by atoms with Crippen molar-refractivity contribution in [1.82, 2.24) is 9.58 Å². The van der Waals surface area contributed by atoms with Crippen LogP contribution in [0.25, 0.3) is 0 Å². The van der Waals surface area contributed by atoms with Gasteiger partial charge in [0.2, 0.25) is 18.5 Å². The minimum Gasteiger partial charge on any atom is -0.477 e. The molecule has 0 radical (unpaired) electrons. The Morgan fingerprint density at radius 3 is 2.96 bits per heavy atom. The van der Waals surface area contributed by atoms with E-state index in [-0.39, 0.29) is 17.0 Å². The van der Waals surface area contributed by atoms with E-state index in [9.17, 15) is 19.5 Å². The van der Waals surface area contributed by atoms with Gasteiger partial charge in [0.15, 0.2) is 12.4 Å². The van der Waals surface area contributed by atoms with Gasteiger partial charge in [-0.2, -0.15) is 0 Å². The van der Waals surface area contributed by atoms with Crippen molar-refractivity contribution in [3.8, 4) is 0 Å². The van der Waals surface area contributed by atoms with E-state index >= 15 is 0 Å². The number of aromatic nitrogens is 2. The first-order chi connectivity index (χ1) is 11.4. The van der Waals surface area contributed by atoms with Crippen molar-refractivity contribution in [3.63, 3.8) is 0 Å². The number of nitrogens with one attached hydrogen (secondary N) is 1. The molecule has 1 fully saturated rings. The highest BCUT2D eigenvalue weighted by atomic mass is 32.2. The van der Waals surface area contributed by atoms with E-state index in [0.29, 0.717) is 30.1 Å². The summed E-state index contributed by atoms with van der Waals surface area (Å²) in [4.78, 5) is 35.6. The molecule has 0 unspecified atom stereocenters. The summed E-state index contributed by atoms with van der Waals surface area (Å²) < 4.78 is 3.53. The molecule has 4 N–H and O–H groups in total. The molecule has 128 valence electrons. The number of fused-ring (bicyclic) bond motifs is 1. The number of nitrogens with zero attached hydrogens (tertiary/aromatic N) is 3. The fourth-order valence-corrected chi connectivity index (χ4v) is 4.35. The largest absolute Gasteiger partial charge is 0.477 e. The molecule has 3 rings (SSSR count). The third-order valence-electron chi connectivity index (χ3n) is 4.26. The number of carbonyl (C=O) groups excluding carboxylic acids is 2. The van der Waals surface area contributed by atoms with Crippen LogP contribution in [-0.2, 0) is 28.0 Å². The van der Waals surface area contributed by atoms with Gasteiger partial charge in [0.05, 0.1) is 12.6 Å². The van der Waals surface area contributed by atoms with Crippen molar-refractivity contribution in [2.45, 2.75) is 24.9 Å². The Labute approximate surface area is 142 Å². The fourth-order valence-electron chi connectivity index (χ4n) is 3.07. The van der Waals surface area contributed by atoms with Crippen LogP contribution in [0.15, 0.2) is 17.5 Å². The van der Waals surface area contributed by atoms with Crippen LogP contribution in [0.4, 0.5) is 5.82 Å². The van der Waals surface area contributed by atoms with Gasteiger partial charge in [-0.25, -0.2) is 4.79 Å². The van der Waals surface area contributed by atoms with Crippen molar-refractivity contribution >= 4 is 35.9 Å². The zero-order valence-electron chi connectivity index (χ0n) is 13.2. The van der Waals surface area contributed by atoms with Gasteiger partial charge >= 0.3 is 5.97 Å². The zero-order chi connectivity index (χ0) is 17.6. The molecule has 2 atom stereocenters. The third-order valence-corrected chi connectivity index (χ3v) is 5.63. The number of thioether (sulfide) groups is 1. The summed E-state index contributed by atoms with van der Waals surface area (Å²) in [7, 11) is 1.77. The quantitative estimate of drug-likeness (QED) is 0.347. The second-order valence-electron chi connectivity index (χ2n) is 5.74. The van der Waals surface area contributed by atoms with Gasteiger partial charge in [-0.3, -0.25) is 14.5 Å². The summed E-state index contributed by atoms with van der Waals surface area (Å²) in [6, 6.07) is -0.640. The standard InChI is InChI=1S/C14H17N5O4S/c1-7-3-18(17(2)11(7)16-6-20)4-8-5-24-13-9(15)12(21)19(13)10(8)14(22)23/h3,6,9,13H,4-5,15H2,1-2H3,(H,22,23)/p+1/t9-,13-/m1/s1. The van der Waals surface area contributed by atoms with Crippen molar-refractivity contribution in [2.24, 2.45) is 12.8 Å². The van der Waals surface area contributed by atoms with Crippen LogP contribution >= 0.6 is 11.8 Å². The van der Waals surface area contributed by atoms with E-state index in [2.05, 4.69) is 5.32 Å². The van der Waals surface area contributed by atoms with Crippen LogP contribution in [0.2, 0.25) is 0 Å². The summed E-state index contributed by atoms with van der Waals surface area (Å²) in [5.74, 6) is -0.380. The summed E-state index contributed by atoms with van der Waals surface area (Å²) in [5, 5.41) is 11.9. The van der Waals surface area contributed by atoms with Crippen molar-refractivity contribution < 1.29 is 24.2 Å². The lowest BCUT2D eigenvalue weighted by atomic mass is 10.0. The van der Waals surface area contributed by atoms with E-state index in [1.54, 1.807) is 16.4 Å². The number of β-lactam (4-membered cyclic amide) rings is 1. The molecule has 0 bridgehead atoms. The van der Waals surface area contributed by atoms with Crippen LogP contribution in [0.1, 0.15) is 5.56 Å². The van der Waals surface area contributed by atoms with E-state index in [0.717, 1.165) is 5.56 Å². The van der Waals surface area contributed by atoms with E-state index in [1.165, 1.54) is 16.7 Å². The summed E-state index contributed by atoms with van der Waals surface area (Å²) in [6.45, 7) is 2.15. The topological polar surface area (TPSA) is 122 Å². The molecule has 9 nitrogen and oxygen atoms in total. The third kappa shape index (κ3) is 2.38. The molecule has 0 aromatic carbocycles. The van der Waals surface area contributed by atoms with Gasteiger partial charge in [0.25, 0.3) is 0 Å². The molecular formula is C14H18N5O4S+. The second kappa shape index (κ2) is 5.95. The number of nitrogens with two attached hydrogens (primary N) is 1. The smallest absolute Gasteiger partial charge is 0.352 e. The highest BCUT2D eigenvalue weighted by Crippen LogP contribution is 2.39. The number of carboxylic acids is 1. The Hall–Kier alpha value is -2.33. The molecule has 24 heavy (non-hydrogen) atoms. The average molecular weight is 352 g/mol. The Kier molecular flexibility index (Phi) is 4.10. The molecule has 0 aliphatic carbocycles. The number of rotatable bonds is 5. The maximum atomic E-state index is 11.9. The Balaban J connectivity index is 1.96. The number of aliphatic carboxylic acids is 1. The van der Waals surface area contributed by atoms with Crippen molar-refractivity contribution in [2.75, 3.05) is 11.1 Å². The average Bonchev–Trinajstić information content (AvgIpc) is 2.81. The number of anilines is 1. The maximum absolute atomic E-state index is 11.9. The van der Waals surface area contributed by atoms with Crippen molar-refractivity contribution in [3.05, 3.63) is 23.0 Å². The number of carbonyl (C=O) groups is 3. The Morgan fingerprint density at radius 2 is 2.33 bits per heavy atom. The molecule has 1 aromatic rings. The molecule has 10 heteroatoms. The predicted molar refractivity (Wildman–Crippen MR) is 85.8 cm³/mol. The summed E-state index contributed by atoms with van der Waals surface area (Å²) in [5.41, 5.74) is 7.24. The Morgan fingerprint density at radius 1 is 1.62 bits per heavy atom. The van der Waals surface area contributed by atoms with Gasteiger partial charge in [0, 0.05) is 11.3 Å². The molecule has 2 aliphatic heterocycles. The monoisotopic (exact) mass is 352 g/mol. The van der Waals surface area contributed by atoms with Crippen LogP contribution in [0, 0.1) is 6.92 Å². The normalized spacial score (nSPS) is 23.0. The second-order valence-corrected chi connectivity index (χ2v) is 6.84. The molecule has 2 aliphatic rings. The molecule has 2 amide bonds. The van der Waals surface area contributed by atoms with E-state index in [1.807, 2.05) is 13.1 Å². The lowest BCUT2D eigenvalue weighted by Crippen LogP contribution is -2.68. The van der Waals surface area contributed by atoms with Gasteiger partial charge in [-0.1, -0.05) is 0 Å². The van der Waals surface area contributed by atoms with Crippen molar-refractivity contribution in [1.29, 1.82) is 0 Å². The first-order valence-corrected chi connectivity index (χ1v) is 8.33. The fraction of sp³-hybridized carbons (Fsp3) is 0.429. The maximum Gasteiger partial charge on any atom is 0.352 e. The Bertz CT molecular complexity index is 771. The van der Waals surface area contributed by atoms with Gasteiger partial charge < -0.3 is 16.2 Å². The van der Waals surface area contributed by atoms with Crippen LogP contribution in [-0.4, -0.2) is 50.1 Å². The molecule has 3 heterocycles. The zero-order valence-corrected chi connectivity index (χ0v) is 14.0. The molecular weight excluding hydrogens is 334 g/mol. The number of aryl methyl sites for hydroxylation is 1. The lowest BCUT2D eigenvalue weighted by molar-refractivity contribution is -0.765. The van der Waals surface area contributed by atoms with Crippen LogP contribution < -0.4 is 15.7 Å². The van der Waals surface area contributed by atoms with Gasteiger partial charge in [0.1, 0.15) is 17.1 Å². The number of amides is 2. The highest BCUT2D eigenvalue weighted by Gasteiger charge is 2.52. The first-order valence-electron chi connectivity index (χ1n) is 7.28.